The van der Waals surface area contributed by atoms with Crippen LogP contribution in [0.25, 0.3) is 0 Å². The second kappa shape index (κ2) is 5.74. The van der Waals surface area contributed by atoms with Gasteiger partial charge in [0.1, 0.15) is 10.7 Å². The van der Waals surface area contributed by atoms with Crippen molar-refractivity contribution >= 4 is 16.0 Å². The summed E-state index contributed by atoms with van der Waals surface area (Å²) < 4.78 is 39.0. The summed E-state index contributed by atoms with van der Waals surface area (Å²) in [6.07, 6.45) is 1.89. The summed E-state index contributed by atoms with van der Waals surface area (Å²) in [5.41, 5.74) is -0.291. The fraction of sp³-hybridized carbons (Fsp3) is 0.182. The highest BCUT2D eigenvalue weighted by Crippen LogP contribution is 2.16. The Morgan fingerprint density at radius 3 is 2.72 bits per heavy atom. The molecule has 0 unspecified atom stereocenters. The molecule has 1 aromatic carbocycles. The van der Waals surface area contributed by atoms with Crippen LogP contribution in [0.15, 0.2) is 35.7 Å². The van der Waals surface area contributed by atoms with Gasteiger partial charge >= 0.3 is 5.97 Å². The molecule has 5 nitrogen and oxygen atoms in total. The molecule has 98 valence electrons. The maximum absolute atomic E-state index is 13.4. The van der Waals surface area contributed by atoms with Crippen LogP contribution in [-0.4, -0.2) is 26.0 Å². The number of rotatable bonds is 6. The minimum Gasteiger partial charge on any atom is -0.478 e. The molecule has 0 aliphatic heterocycles. The summed E-state index contributed by atoms with van der Waals surface area (Å²) in [6, 6.07) is 2.60. The normalized spacial score (nSPS) is 11.2. The fourth-order valence-corrected chi connectivity index (χ4v) is 2.36. The third-order valence-corrected chi connectivity index (χ3v) is 3.58. The van der Waals surface area contributed by atoms with Crippen LogP contribution in [0.4, 0.5) is 4.39 Å². The van der Waals surface area contributed by atoms with Crippen LogP contribution in [0.1, 0.15) is 16.8 Å². The van der Waals surface area contributed by atoms with Gasteiger partial charge in [-0.3, -0.25) is 0 Å². The number of halogens is 1. The highest BCUT2D eigenvalue weighted by molar-refractivity contribution is 7.89. The molecule has 0 atom stereocenters. The van der Waals surface area contributed by atoms with Crippen LogP contribution in [0.2, 0.25) is 0 Å². The number of benzene rings is 1. The molecule has 2 N–H and O–H groups in total. The van der Waals surface area contributed by atoms with Crippen molar-refractivity contribution in [3.63, 3.8) is 0 Å². The molecule has 18 heavy (non-hydrogen) atoms. The summed E-state index contributed by atoms with van der Waals surface area (Å²) in [6.45, 7) is 3.49. The first-order valence-corrected chi connectivity index (χ1v) is 6.50. The zero-order valence-corrected chi connectivity index (χ0v) is 10.2. The van der Waals surface area contributed by atoms with E-state index in [-0.39, 0.29) is 12.1 Å². The predicted octanol–water partition coefficient (Wildman–Crippen LogP) is 1.38. The van der Waals surface area contributed by atoms with Crippen molar-refractivity contribution in [2.45, 2.75) is 11.3 Å². The molecule has 0 saturated heterocycles. The van der Waals surface area contributed by atoms with E-state index in [0.29, 0.717) is 6.42 Å². The van der Waals surface area contributed by atoms with E-state index < -0.39 is 26.7 Å². The fourth-order valence-electron chi connectivity index (χ4n) is 1.22. The maximum Gasteiger partial charge on any atom is 0.335 e. The van der Waals surface area contributed by atoms with Gasteiger partial charge < -0.3 is 5.11 Å². The predicted molar refractivity (Wildman–Crippen MR) is 63.4 cm³/mol. The van der Waals surface area contributed by atoms with Gasteiger partial charge in [0, 0.05) is 6.54 Å². The first-order chi connectivity index (χ1) is 8.38. The Kier molecular flexibility index (Phi) is 4.57. The highest BCUT2D eigenvalue weighted by Gasteiger charge is 2.20. The van der Waals surface area contributed by atoms with Gasteiger partial charge in [0.25, 0.3) is 0 Å². The Hall–Kier alpha value is -1.73. The van der Waals surface area contributed by atoms with Crippen molar-refractivity contribution in [3.05, 3.63) is 42.2 Å². The number of carboxylic acids is 1. The smallest absolute Gasteiger partial charge is 0.335 e. The largest absolute Gasteiger partial charge is 0.478 e. The van der Waals surface area contributed by atoms with E-state index in [2.05, 4.69) is 11.3 Å². The first kappa shape index (κ1) is 14.3. The summed E-state index contributed by atoms with van der Waals surface area (Å²) in [5, 5.41) is 8.73. The lowest BCUT2D eigenvalue weighted by Crippen LogP contribution is -2.25. The number of aromatic carboxylic acids is 1. The standard InChI is InChI=1S/C11H12FNO4S/c1-2-3-6-13-18(16,17)10-7-8(11(14)15)4-5-9(10)12/h2,4-5,7,13H,1,3,6H2,(H,14,15). The second-order valence-electron chi connectivity index (χ2n) is 3.43. The Bertz CT molecular complexity index is 568. The molecular formula is C11H12FNO4S. The van der Waals surface area contributed by atoms with E-state index in [9.17, 15) is 17.6 Å². The average Bonchev–Trinajstić information content (AvgIpc) is 2.29. The molecule has 0 aromatic heterocycles. The van der Waals surface area contributed by atoms with Gasteiger partial charge in [0.2, 0.25) is 10.0 Å². The van der Waals surface area contributed by atoms with Crippen LogP contribution in [0, 0.1) is 5.82 Å². The molecule has 0 heterocycles. The third-order valence-electron chi connectivity index (χ3n) is 2.11. The van der Waals surface area contributed by atoms with Crippen molar-refractivity contribution in [3.8, 4) is 0 Å². The van der Waals surface area contributed by atoms with Gasteiger partial charge in [0.15, 0.2) is 0 Å². The SMILES string of the molecule is C=CCCNS(=O)(=O)c1cc(C(=O)O)ccc1F. The number of carbonyl (C=O) groups is 1. The van der Waals surface area contributed by atoms with Gasteiger partial charge in [0.05, 0.1) is 5.56 Å². The van der Waals surface area contributed by atoms with Gasteiger partial charge in [-0.25, -0.2) is 22.3 Å². The molecule has 0 fully saturated rings. The van der Waals surface area contributed by atoms with Crippen molar-refractivity contribution < 1.29 is 22.7 Å². The Balaban J connectivity index is 3.10. The quantitative estimate of drug-likeness (QED) is 0.606. The number of hydrogen-bond acceptors (Lipinski definition) is 3. The minimum atomic E-state index is -4.06. The minimum absolute atomic E-state index is 0.0720. The molecule has 0 radical (unpaired) electrons. The molecule has 7 heteroatoms. The molecular weight excluding hydrogens is 261 g/mol. The number of hydrogen-bond donors (Lipinski definition) is 2. The molecule has 1 aromatic rings. The average molecular weight is 273 g/mol. The summed E-state index contributed by atoms with van der Waals surface area (Å²) in [7, 11) is -4.06. The highest BCUT2D eigenvalue weighted by atomic mass is 32.2. The van der Waals surface area contributed by atoms with E-state index >= 15 is 0 Å². The molecule has 0 saturated carbocycles. The maximum atomic E-state index is 13.4. The van der Waals surface area contributed by atoms with E-state index in [1.807, 2.05) is 0 Å². The summed E-state index contributed by atoms with van der Waals surface area (Å²) in [4.78, 5) is 10.0. The second-order valence-corrected chi connectivity index (χ2v) is 5.16. The van der Waals surface area contributed by atoms with Gasteiger partial charge in [-0.05, 0) is 24.6 Å². The summed E-state index contributed by atoms with van der Waals surface area (Å²) >= 11 is 0. The van der Waals surface area contributed by atoms with Crippen molar-refractivity contribution in [2.75, 3.05) is 6.54 Å². The lowest BCUT2D eigenvalue weighted by molar-refractivity contribution is 0.0696. The van der Waals surface area contributed by atoms with E-state index in [4.69, 9.17) is 5.11 Å². The van der Waals surface area contributed by atoms with Gasteiger partial charge in [-0.2, -0.15) is 0 Å². The van der Waals surface area contributed by atoms with Gasteiger partial charge in [-0.15, -0.1) is 6.58 Å². The Labute approximate surface area is 104 Å². The van der Waals surface area contributed by atoms with E-state index in [1.54, 1.807) is 0 Å². The van der Waals surface area contributed by atoms with Crippen LogP contribution in [0.5, 0.6) is 0 Å². The lowest BCUT2D eigenvalue weighted by atomic mass is 10.2. The van der Waals surface area contributed by atoms with Crippen molar-refractivity contribution in [1.82, 2.24) is 4.72 Å². The van der Waals surface area contributed by atoms with Gasteiger partial charge in [-0.1, -0.05) is 6.08 Å². The molecule has 0 aliphatic carbocycles. The van der Waals surface area contributed by atoms with Crippen LogP contribution >= 0.6 is 0 Å². The zero-order valence-electron chi connectivity index (χ0n) is 9.39. The molecule has 0 spiro atoms. The number of carboxylic acid groups (broad SMARTS) is 1. The van der Waals surface area contributed by atoms with E-state index in [0.717, 1.165) is 18.2 Å². The lowest BCUT2D eigenvalue weighted by Gasteiger charge is -2.07. The molecule has 0 amide bonds. The summed E-state index contributed by atoms with van der Waals surface area (Å²) in [5.74, 6) is -2.32. The first-order valence-electron chi connectivity index (χ1n) is 5.02. The number of sulfonamides is 1. The molecule has 0 aliphatic rings. The van der Waals surface area contributed by atoms with Crippen LogP contribution in [0.3, 0.4) is 0 Å². The monoisotopic (exact) mass is 273 g/mol. The molecule has 1 rings (SSSR count). The topological polar surface area (TPSA) is 83.5 Å². The Morgan fingerprint density at radius 1 is 1.50 bits per heavy atom. The molecule has 0 bridgehead atoms. The van der Waals surface area contributed by atoms with Crippen molar-refractivity contribution in [1.29, 1.82) is 0 Å². The zero-order chi connectivity index (χ0) is 13.8. The van der Waals surface area contributed by atoms with Crippen LogP contribution < -0.4 is 4.72 Å². The van der Waals surface area contributed by atoms with E-state index in [1.165, 1.54) is 6.08 Å². The number of nitrogens with one attached hydrogen (secondary N) is 1. The third kappa shape index (κ3) is 3.38. The Morgan fingerprint density at radius 2 is 2.17 bits per heavy atom. The van der Waals surface area contributed by atoms with Crippen molar-refractivity contribution in [2.24, 2.45) is 0 Å². The van der Waals surface area contributed by atoms with Crippen LogP contribution in [-0.2, 0) is 10.0 Å².